The Morgan fingerprint density at radius 3 is 3.00 bits per heavy atom. The first-order chi connectivity index (χ1) is 8.19. The molecular weight excluding hydrogens is 240 g/mol. The lowest BCUT2D eigenvalue weighted by molar-refractivity contribution is -0.139. The largest absolute Gasteiger partial charge is 0.480 e. The molecule has 0 spiro atoms. The van der Waals surface area contributed by atoms with E-state index in [9.17, 15) is 4.79 Å². The molecule has 1 aromatic heterocycles. The Kier molecular flexibility index (Phi) is 5.48. The molecule has 6 nitrogen and oxygen atoms in total. The van der Waals surface area contributed by atoms with Gasteiger partial charge >= 0.3 is 5.97 Å². The molecule has 0 saturated carbocycles. The fraction of sp³-hybridized carbons (Fsp3) is 0.500. The van der Waals surface area contributed by atoms with Gasteiger partial charge < -0.3 is 5.11 Å². The van der Waals surface area contributed by atoms with Crippen LogP contribution in [0.25, 0.3) is 10.4 Å². The van der Waals surface area contributed by atoms with E-state index in [0.717, 1.165) is 16.2 Å². The van der Waals surface area contributed by atoms with Gasteiger partial charge in [-0.15, -0.1) is 11.3 Å². The molecule has 0 saturated heterocycles. The second-order valence-corrected chi connectivity index (χ2v) is 4.54. The molecule has 0 amide bonds. The molecule has 1 heterocycles. The van der Waals surface area contributed by atoms with E-state index in [0.29, 0.717) is 6.54 Å². The molecule has 1 aromatic rings. The summed E-state index contributed by atoms with van der Waals surface area (Å²) in [6.07, 6.45) is 0.899. The van der Waals surface area contributed by atoms with Crippen molar-refractivity contribution in [2.24, 2.45) is 5.11 Å². The zero-order valence-corrected chi connectivity index (χ0v) is 10.3. The fourth-order valence-corrected chi connectivity index (χ4v) is 2.37. The number of hydrogen-bond acceptors (Lipinski definition) is 4. The molecule has 92 valence electrons. The summed E-state index contributed by atoms with van der Waals surface area (Å²) >= 11 is 1.49. The van der Waals surface area contributed by atoms with Crippen molar-refractivity contribution in [3.8, 4) is 0 Å². The van der Waals surface area contributed by atoms with Crippen molar-refractivity contribution in [3.05, 3.63) is 32.3 Å². The van der Waals surface area contributed by atoms with Gasteiger partial charge in [-0.05, 0) is 24.1 Å². The lowest BCUT2D eigenvalue weighted by atomic mass is 10.2. The highest BCUT2D eigenvalue weighted by Gasteiger charge is 2.20. The summed E-state index contributed by atoms with van der Waals surface area (Å²) in [7, 11) is 0. The van der Waals surface area contributed by atoms with Crippen molar-refractivity contribution in [2.45, 2.75) is 19.4 Å². The van der Waals surface area contributed by atoms with E-state index in [1.54, 1.807) is 0 Å². The van der Waals surface area contributed by atoms with E-state index < -0.39 is 12.0 Å². The summed E-state index contributed by atoms with van der Waals surface area (Å²) in [4.78, 5) is 15.6. The number of rotatable bonds is 7. The molecule has 2 N–H and O–H groups in total. The standard InChI is InChI=1S/C10H14N4O2S/c1-2-7-3-4-8(17-7)9(10(15)16)12-5-6-13-14-11/h3-4,9,12H,2,5-6H2,1H3,(H,15,16). The Balaban J connectivity index is 2.65. The van der Waals surface area contributed by atoms with E-state index in [1.165, 1.54) is 11.3 Å². The number of carboxylic acid groups (broad SMARTS) is 1. The maximum atomic E-state index is 11.1. The van der Waals surface area contributed by atoms with Crippen LogP contribution in [0.3, 0.4) is 0 Å². The number of nitrogens with zero attached hydrogens (tertiary/aromatic N) is 3. The zero-order chi connectivity index (χ0) is 12.7. The van der Waals surface area contributed by atoms with Crippen LogP contribution in [0.4, 0.5) is 0 Å². The summed E-state index contributed by atoms with van der Waals surface area (Å²) in [5, 5.41) is 15.3. The SMILES string of the molecule is CCc1ccc(C(NCCN=[N+]=[N-])C(=O)O)s1. The van der Waals surface area contributed by atoms with E-state index in [1.807, 2.05) is 19.1 Å². The third-order valence-electron chi connectivity index (χ3n) is 2.19. The predicted octanol–water partition coefficient (Wildman–Crippen LogP) is 2.34. The van der Waals surface area contributed by atoms with Crippen LogP contribution in [0.5, 0.6) is 0 Å². The van der Waals surface area contributed by atoms with Gasteiger partial charge in [0.25, 0.3) is 0 Å². The quantitative estimate of drug-likeness (QED) is 0.338. The van der Waals surface area contributed by atoms with Gasteiger partial charge in [0.1, 0.15) is 6.04 Å². The van der Waals surface area contributed by atoms with Crippen molar-refractivity contribution in [3.63, 3.8) is 0 Å². The number of hydrogen-bond donors (Lipinski definition) is 2. The van der Waals surface area contributed by atoms with Gasteiger partial charge in [-0.2, -0.15) is 0 Å². The van der Waals surface area contributed by atoms with Crippen molar-refractivity contribution >= 4 is 17.3 Å². The summed E-state index contributed by atoms with van der Waals surface area (Å²) < 4.78 is 0. The highest BCUT2D eigenvalue weighted by Crippen LogP contribution is 2.23. The number of thiophene rings is 1. The molecule has 1 atom stereocenters. The highest BCUT2D eigenvalue weighted by atomic mass is 32.1. The molecule has 0 fully saturated rings. The van der Waals surface area contributed by atoms with E-state index in [-0.39, 0.29) is 6.54 Å². The molecule has 0 bridgehead atoms. The van der Waals surface area contributed by atoms with Gasteiger partial charge in [-0.25, -0.2) is 0 Å². The lowest BCUT2D eigenvalue weighted by Crippen LogP contribution is -2.29. The molecule has 7 heteroatoms. The molecule has 0 radical (unpaired) electrons. The van der Waals surface area contributed by atoms with Crippen LogP contribution in [-0.2, 0) is 11.2 Å². The van der Waals surface area contributed by atoms with Crippen molar-refractivity contribution in [1.82, 2.24) is 5.32 Å². The maximum absolute atomic E-state index is 11.1. The monoisotopic (exact) mass is 254 g/mol. The second-order valence-electron chi connectivity index (χ2n) is 3.34. The van der Waals surface area contributed by atoms with Crippen LogP contribution in [0.2, 0.25) is 0 Å². The molecule has 1 rings (SSSR count). The summed E-state index contributed by atoms with van der Waals surface area (Å²) in [5.74, 6) is -0.921. The summed E-state index contributed by atoms with van der Waals surface area (Å²) in [6.45, 7) is 2.62. The summed E-state index contributed by atoms with van der Waals surface area (Å²) in [6, 6.07) is 3.03. The molecular formula is C10H14N4O2S. The molecule has 0 aliphatic carbocycles. The molecule has 0 aromatic carbocycles. The molecule has 0 aliphatic heterocycles. The average Bonchev–Trinajstić information content (AvgIpc) is 2.77. The van der Waals surface area contributed by atoms with Gasteiger partial charge in [0.05, 0.1) is 0 Å². The predicted molar refractivity (Wildman–Crippen MR) is 66.1 cm³/mol. The van der Waals surface area contributed by atoms with Gasteiger partial charge in [0.15, 0.2) is 0 Å². The second kappa shape index (κ2) is 6.90. The van der Waals surface area contributed by atoms with Crippen LogP contribution in [-0.4, -0.2) is 24.2 Å². The Hall–Kier alpha value is -1.56. The molecule has 1 unspecified atom stereocenters. The van der Waals surface area contributed by atoms with Crippen LogP contribution >= 0.6 is 11.3 Å². The minimum atomic E-state index is -0.921. The Labute approximate surface area is 103 Å². The van der Waals surface area contributed by atoms with E-state index >= 15 is 0 Å². The Morgan fingerprint density at radius 2 is 2.47 bits per heavy atom. The minimum absolute atomic E-state index is 0.242. The fourth-order valence-electron chi connectivity index (χ4n) is 1.35. The van der Waals surface area contributed by atoms with Crippen LogP contribution < -0.4 is 5.32 Å². The van der Waals surface area contributed by atoms with E-state index in [2.05, 4.69) is 15.3 Å². The normalized spacial score (nSPS) is 11.8. The van der Waals surface area contributed by atoms with Crippen LogP contribution in [0, 0.1) is 0 Å². The van der Waals surface area contributed by atoms with Crippen molar-refractivity contribution in [2.75, 3.05) is 13.1 Å². The first-order valence-corrected chi connectivity index (χ1v) is 6.06. The van der Waals surface area contributed by atoms with Crippen molar-refractivity contribution in [1.29, 1.82) is 0 Å². The first kappa shape index (κ1) is 13.5. The number of carbonyl (C=O) groups is 1. The number of carboxylic acids is 1. The van der Waals surface area contributed by atoms with Crippen molar-refractivity contribution < 1.29 is 9.90 Å². The lowest BCUT2D eigenvalue weighted by Gasteiger charge is -2.11. The van der Waals surface area contributed by atoms with Crippen LogP contribution in [0.15, 0.2) is 17.2 Å². The maximum Gasteiger partial charge on any atom is 0.326 e. The number of aryl methyl sites for hydroxylation is 1. The van der Waals surface area contributed by atoms with Gasteiger partial charge in [-0.1, -0.05) is 12.0 Å². The average molecular weight is 254 g/mol. The summed E-state index contributed by atoms with van der Waals surface area (Å²) in [5.41, 5.74) is 8.11. The Morgan fingerprint density at radius 1 is 1.71 bits per heavy atom. The topological polar surface area (TPSA) is 98.1 Å². The molecule has 17 heavy (non-hydrogen) atoms. The smallest absolute Gasteiger partial charge is 0.326 e. The third-order valence-corrected chi connectivity index (χ3v) is 3.48. The highest BCUT2D eigenvalue weighted by molar-refractivity contribution is 7.12. The number of nitrogens with one attached hydrogen (secondary N) is 1. The van der Waals surface area contributed by atoms with E-state index in [4.69, 9.17) is 10.6 Å². The Bertz CT molecular complexity index is 426. The van der Waals surface area contributed by atoms with Crippen LogP contribution in [0.1, 0.15) is 22.7 Å². The number of aliphatic carboxylic acids is 1. The van der Waals surface area contributed by atoms with Gasteiger partial charge in [0.2, 0.25) is 0 Å². The molecule has 0 aliphatic rings. The minimum Gasteiger partial charge on any atom is -0.480 e. The zero-order valence-electron chi connectivity index (χ0n) is 9.46. The number of azide groups is 1. The van der Waals surface area contributed by atoms with Gasteiger partial charge in [-0.3, -0.25) is 10.1 Å². The first-order valence-electron chi connectivity index (χ1n) is 5.24. The third kappa shape index (κ3) is 4.07. The van der Waals surface area contributed by atoms with Gasteiger partial charge in [0, 0.05) is 27.8 Å².